The van der Waals surface area contributed by atoms with E-state index < -0.39 is 17.2 Å². The summed E-state index contributed by atoms with van der Waals surface area (Å²) in [6, 6.07) is 9.09. The maximum Gasteiger partial charge on any atom is 0.451 e. The molecule has 2 rings (SSSR count). The van der Waals surface area contributed by atoms with Gasteiger partial charge in [0.2, 0.25) is 5.82 Å². The molecule has 0 fully saturated rings. The molecule has 3 N–H and O–H groups in total. The summed E-state index contributed by atoms with van der Waals surface area (Å²) in [5.74, 6) is -1.46. The first-order chi connectivity index (χ1) is 9.38. The summed E-state index contributed by atoms with van der Waals surface area (Å²) in [6.45, 7) is 0.273. The van der Waals surface area contributed by atoms with E-state index in [2.05, 4.69) is 15.3 Å². The normalized spacial score (nSPS) is 11.4. The zero-order valence-corrected chi connectivity index (χ0v) is 10.8. The number of rotatable bonds is 3. The zero-order valence-electron chi connectivity index (χ0n) is 10.1. The quantitative estimate of drug-likeness (QED) is 0.854. The minimum atomic E-state index is -4.68. The monoisotopic (exact) mass is 302 g/mol. The standard InChI is InChI=1S/C12H10ClF3N4/c13-9-8(17)10(20-11(19-9)12(14,15)16)18-6-7-4-2-1-3-5-7/h1-5H,6,17H2,(H,18,19,20). The van der Waals surface area contributed by atoms with Crippen molar-refractivity contribution in [3.63, 3.8) is 0 Å². The van der Waals surface area contributed by atoms with Gasteiger partial charge in [-0.3, -0.25) is 0 Å². The Hall–Kier alpha value is -2.02. The largest absolute Gasteiger partial charge is 0.451 e. The van der Waals surface area contributed by atoms with Gasteiger partial charge in [0.25, 0.3) is 0 Å². The van der Waals surface area contributed by atoms with Gasteiger partial charge in [-0.2, -0.15) is 13.2 Å². The molecule has 0 aliphatic heterocycles. The van der Waals surface area contributed by atoms with E-state index in [1.807, 2.05) is 30.3 Å². The predicted octanol–water partition coefficient (Wildman–Crippen LogP) is 3.34. The first kappa shape index (κ1) is 14.4. The highest BCUT2D eigenvalue weighted by Crippen LogP contribution is 2.32. The number of nitrogen functional groups attached to an aromatic ring is 1. The Labute approximate surface area is 117 Å². The zero-order chi connectivity index (χ0) is 14.8. The summed E-state index contributed by atoms with van der Waals surface area (Å²) >= 11 is 5.59. The third kappa shape index (κ3) is 3.30. The Morgan fingerprint density at radius 2 is 1.80 bits per heavy atom. The van der Waals surface area contributed by atoms with Crippen molar-refractivity contribution < 1.29 is 13.2 Å². The second-order valence-electron chi connectivity index (χ2n) is 3.94. The van der Waals surface area contributed by atoms with Crippen molar-refractivity contribution in [3.05, 3.63) is 46.9 Å². The van der Waals surface area contributed by atoms with Gasteiger partial charge in [0.1, 0.15) is 5.69 Å². The summed E-state index contributed by atoms with van der Waals surface area (Å²) in [5, 5.41) is 2.29. The summed E-state index contributed by atoms with van der Waals surface area (Å²) in [5.41, 5.74) is 6.33. The molecule has 0 radical (unpaired) electrons. The van der Waals surface area contributed by atoms with Crippen LogP contribution in [0.2, 0.25) is 5.15 Å². The molecule has 4 nitrogen and oxygen atoms in total. The number of nitrogens with zero attached hydrogens (tertiary/aromatic N) is 2. The van der Waals surface area contributed by atoms with Gasteiger partial charge >= 0.3 is 6.18 Å². The number of benzene rings is 1. The number of anilines is 2. The number of hydrogen-bond acceptors (Lipinski definition) is 4. The van der Waals surface area contributed by atoms with Crippen LogP contribution < -0.4 is 11.1 Å². The molecule has 1 aromatic carbocycles. The maximum atomic E-state index is 12.6. The molecule has 0 atom stereocenters. The van der Waals surface area contributed by atoms with E-state index in [9.17, 15) is 13.2 Å². The minimum absolute atomic E-state index is 0.115. The fourth-order valence-corrected chi connectivity index (χ4v) is 1.65. The van der Waals surface area contributed by atoms with E-state index in [0.717, 1.165) is 5.56 Å². The van der Waals surface area contributed by atoms with Gasteiger partial charge < -0.3 is 11.1 Å². The van der Waals surface area contributed by atoms with Crippen molar-refractivity contribution in [1.29, 1.82) is 0 Å². The highest BCUT2D eigenvalue weighted by atomic mass is 35.5. The molecule has 0 aliphatic rings. The summed E-state index contributed by atoms with van der Waals surface area (Å²) in [7, 11) is 0. The second kappa shape index (κ2) is 5.54. The molecule has 0 amide bonds. The molecular weight excluding hydrogens is 293 g/mol. The van der Waals surface area contributed by atoms with E-state index in [1.165, 1.54) is 0 Å². The van der Waals surface area contributed by atoms with Gasteiger partial charge in [-0.25, -0.2) is 9.97 Å². The Kier molecular flexibility index (Phi) is 3.99. The highest BCUT2D eigenvalue weighted by molar-refractivity contribution is 6.32. The minimum Gasteiger partial charge on any atom is -0.393 e. The van der Waals surface area contributed by atoms with Gasteiger partial charge in [-0.05, 0) is 5.56 Å². The van der Waals surface area contributed by atoms with Crippen LogP contribution in [0.25, 0.3) is 0 Å². The lowest BCUT2D eigenvalue weighted by Gasteiger charge is -2.12. The molecule has 2 aromatic rings. The molecule has 0 saturated carbocycles. The van der Waals surface area contributed by atoms with Crippen molar-refractivity contribution >= 4 is 23.1 Å². The Morgan fingerprint density at radius 3 is 2.40 bits per heavy atom. The summed E-state index contributed by atoms with van der Waals surface area (Å²) < 4.78 is 37.8. The number of aromatic nitrogens is 2. The van der Waals surface area contributed by atoms with E-state index in [4.69, 9.17) is 17.3 Å². The van der Waals surface area contributed by atoms with Crippen LogP contribution in [0.3, 0.4) is 0 Å². The average molecular weight is 303 g/mol. The Morgan fingerprint density at radius 1 is 1.15 bits per heavy atom. The van der Waals surface area contributed by atoms with Crippen LogP contribution in [-0.2, 0) is 12.7 Å². The first-order valence-electron chi connectivity index (χ1n) is 5.56. The number of alkyl halides is 3. The van der Waals surface area contributed by atoms with Crippen LogP contribution in [0.15, 0.2) is 30.3 Å². The smallest absolute Gasteiger partial charge is 0.393 e. The van der Waals surface area contributed by atoms with Crippen LogP contribution in [0, 0.1) is 0 Å². The lowest BCUT2D eigenvalue weighted by molar-refractivity contribution is -0.144. The summed E-state index contributed by atoms with van der Waals surface area (Å²) in [6.07, 6.45) is -4.68. The van der Waals surface area contributed by atoms with Crippen LogP contribution in [0.5, 0.6) is 0 Å². The molecule has 20 heavy (non-hydrogen) atoms. The van der Waals surface area contributed by atoms with Crippen molar-refractivity contribution in [2.75, 3.05) is 11.1 Å². The molecule has 1 aromatic heterocycles. The van der Waals surface area contributed by atoms with Gasteiger partial charge in [0, 0.05) is 6.54 Å². The van der Waals surface area contributed by atoms with Crippen LogP contribution in [-0.4, -0.2) is 9.97 Å². The van der Waals surface area contributed by atoms with Crippen molar-refractivity contribution in [2.24, 2.45) is 0 Å². The number of nitrogens with one attached hydrogen (secondary N) is 1. The fourth-order valence-electron chi connectivity index (χ4n) is 1.49. The average Bonchev–Trinajstić information content (AvgIpc) is 2.40. The molecule has 1 heterocycles. The molecule has 0 aliphatic carbocycles. The Bertz CT molecular complexity index is 602. The molecule has 0 spiro atoms. The first-order valence-corrected chi connectivity index (χ1v) is 5.93. The van der Waals surface area contributed by atoms with E-state index >= 15 is 0 Å². The lowest BCUT2D eigenvalue weighted by atomic mass is 10.2. The third-order valence-corrected chi connectivity index (χ3v) is 2.74. The highest BCUT2D eigenvalue weighted by Gasteiger charge is 2.36. The van der Waals surface area contributed by atoms with Gasteiger partial charge in [0.15, 0.2) is 11.0 Å². The summed E-state index contributed by atoms with van der Waals surface area (Å²) in [4.78, 5) is 6.49. The third-order valence-electron chi connectivity index (χ3n) is 2.46. The Balaban J connectivity index is 2.25. The van der Waals surface area contributed by atoms with E-state index in [1.54, 1.807) is 0 Å². The predicted molar refractivity (Wildman–Crippen MR) is 70.2 cm³/mol. The fraction of sp³-hybridized carbons (Fsp3) is 0.167. The van der Waals surface area contributed by atoms with Crippen molar-refractivity contribution in [1.82, 2.24) is 9.97 Å². The van der Waals surface area contributed by atoms with E-state index in [-0.39, 0.29) is 18.1 Å². The molecule has 0 bridgehead atoms. The maximum absolute atomic E-state index is 12.6. The molecule has 0 saturated heterocycles. The molecule has 106 valence electrons. The van der Waals surface area contributed by atoms with Crippen LogP contribution in [0.4, 0.5) is 24.7 Å². The van der Waals surface area contributed by atoms with Crippen molar-refractivity contribution in [2.45, 2.75) is 12.7 Å². The topological polar surface area (TPSA) is 63.8 Å². The van der Waals surface area contributed by atoms with Crippen LogP contribution >= 0.6 is 11.6 Å². The molecular formula is C12H10ClF3N4. The molecule has 0 unspecified atom stereocenters. The number of nitrogens with two attached hydrogens (primary N) is 1. The van der Waals surface area contributed by atoms with Crippen LogP contribution in [0.1, 0.15) is 11.4 Å². The second-order valence-corrected chi connectivity index (χ2v) is 4.30. The number of halogens is 4. The lowest BCUT2D eigenvalue weighted by Crippen LogP contribution is -2.15. The number of hydrogen-bond donors (Lipinski definition) is 2. The molecule has 8 heteroatoms. The van der Waals surface area contributed by atoms with Gasteiger partial charge in [-0.1, -0.05) is 41.9 Å². The van der Waals surface area contributed by atoms with Gasteiger partial charge in [0.05, 0.1) is 0 Å². The van der Waals surface area contributed by atoms with Crippen molar-refractivity contribution in [3.8, 4) is 0 Å². The van der Waals surface area contributed by atoms with Gasteiger partial charge in [-0.15, -0.1) is 0 Å². The van der Waals surface area contributed by atoms with E-state index in [0.29, 0.717) is 0 Å². The SMILES string of the molecule is Nc1c(Cl)nc(C(F)(F)F)nc1NCc1ccccc1.